The highest BCUT2D eigenvalue weighted by atomic mass is 16.2. The second kappa shape index (κ2) is 7.34. The molecule has 24 heavy (non-hydrogen) atoms. The number of piperidine rings is 1. The first-order valence-electron chi connectivity index (χ1n) is 8.92. The number of hydrogen-bond acceptors (Lipinski definition) is 4. The molecule has 0 aromatic carbocycles. The van der Waals surface area contributed by atoms with Crippen molar-refractivity contribution in [2.24, 2.45) is 7.05 Å². The molecule has 3 heterocycles. The molecule has 2 fully saturated rings. The summed E-state index contributed by atoms with van der Waals surface area (Å²) in [5.41, 5.74) is 0.879. The van der Waals surface area contributed by atoms with Crippen LogP contribution >= 0.6 is 0 Å². The van der Waals surface area contributed by atoms with Crippen molar-refractivity contribution in [2.45, 2.75) is 38.6 Å². The Hall–Kier alpha value is -1.89. The Balaban J connectivity index is 1.61. The van der Waals surface area contributed by atoms with Gasteiger partial charge in [-0.15, -0.1) is 0 Å². The maximum atomic E-state index is 12.9. The molecule has 0 unspecified atom stereocenters. The van der Waals surface area contributed by atoms with Crippen LogP contribution in [0, 0.1) is 0 Å². The van der Waals surface area contributed by atoms with Gasteiger partial charge in [0.2, 0.25) is 11.8 Å². The zero-order valence-corrected chi connectivity index (χ0v) is 14.6. The maximum absolute atomic E-state index is 12.9. The van der Waals surface area contributed by atoms with Crippen LogP contribution in [0.4, 0.5) is 5.69 Å². The first-order valence-corrected chi connectivity index (χ1v) is 8.92. The van der Waals surface area contributed by atoms with Gasteiger partial charge in [-0.2, -0.15) is 5.10 Å². The van der Waals surface area contributed by atoms with E-state index in [0.29, 0.717) is 6.42 Å². The molecule has 7 heteroatoms. The number of aryl methyl sites for hydroxylation is 1. The summed E-state index contributed by atoms with van der Waals surface area (Å²) < 4.78 is 1.73. The summed E-state index contributed by atoms with van der Waals surface area (Å²) in [7, 11) is 1.86. The van der Waals surface area contributed by atoms with Crippen LogP contribution in [0.2, 0.25) is 0 Å². The number of amides is 2. The monoisotopic (exact) mass is 333 g/mol. The van der Waals surface area contributed by atoms with Crippen molar-refractivity contribution in [2.75, 3.05) is 37.6 Å². The van der Waals surface area contributed by atoms with Crippen molar-refractivity contribution in [1.82, 2.24) is 19.6 Å². The molecule has 1 atom stereocenters. The Morgan fingerprint density at radius 1 is 1.25 bits per heavy atom. The molecule has 3 rings (SSSR count). The van der Waals surface area contributed by atoms with Gasteiger partial charge in [-0.25, -0.2) is 0 Å². The zero-order chi connectivity index (χ0) is 17.1. The second-order valence-electron chi connectivity index (χ2n) is 6.69. The summed E-state index contributed by atoms with van der Waals surface area (Å²) in [6.45, 7) is 5.82. The van der Waals surface area contributed by atoms with E-state index in [0.717, 1.165) is 57.7 Å². The molecule has 0 saturated carbocycles. The summed E-state index contributed by atoms with van der Waals surface area (Å²) in [6, 6.07) is -0.0672. The molecule has 1 aromatic rings. The van der Waals surface area contributed by atoms with Gasteiger partial charge in [0.25, 0.3) is 0 Å². The van der Waals surface area contributed by atoms with E-state index in [-0.39, 0.29) is 17.9 Å². The van der Waals surface area contributed by atoms with Crippen molar-refractivity contribution < 1.29 is 9.59 Å². The van der Waals surface area contributed by atoms with E-state index in [4.69, 9.17) is 0 Å². The second-order valence-corrected chi connectivity index (χ2v) is 6.69. The van der Waals surface area contributed by atoms with Gasteiger partial charge in [0.05, 0.1) is 17.9 Å². The van der Waals surface area contributed by atoms with Gasteiger partial charge in [-0.05, 0) is 19.3 Å². The summed E-state index contributed by atoms with van der Waals surface area (Å²) in [6.07, 6.45) is 7.05. The molecular formula is C17H27N5O2. The maximum Gasteiger partial charge on any atom is 0.244 e. The molecule has 2 aliphatic heterocycles. The summed E-state index contributed by atoms with van der Waals surface area (Å²) in [4.78, 5) is 31.0. The van der Waals surface area contributed by atoms with E-state index in [1.165, 1.54) is 0 Å². The van der Waals surface area contributed by atoms with Crippen molar-refractivity contribution in [3.05, 3.63) is 12.4 Å². The molecule has 7 nitrogen and oxygen atoms in total. The average molecular weight is 333 g/mol. The van der Waals surface area contributed by atoms with Gasteiger partial charge in [-0.1, -0.05) is 6.92 Å². The highest BCUT2D eigenvalue weighted by Gasteiger charge is 2.36. The molecule has 2 saturated heterocycles. The predicted molar refractivity (Wildman–Crippen MR) is 91.6 cm³/mol. The molecule has 2 amide bonds. The summed E-state index contributed by atoms with van der Waals surface area (Å²) >= 11 is 0. The molecule has 0 spiro atoms. The van der Waals surface area contributed by atoms with E-state index in [9.17, 15) is 9.59 Å². The fraction of sp³-hybridized carbons (Fsp3) is 0.706. The molecule has 0 radical (unpaired) electrons. The number of carbonyl (C=O) groups excluding carboxylic acids is 2. The Morgan fingerprint density at radius 3 is 2.62 bits per heavy atom. The number of piperazine rings is 1. The Labute approximate surface area is 143 Å². The number of hydrogen-bond donors (Lipinski definition) is 0. The molecule has 0 bridgehead atoms. The third kappa shape index (κ3) is 3.45. The normalized spacial score (nSPS) is 22.9. The number of aromatic nitrogens is 2. The highest BCUT2D eigenvalue weighted by molar-refractivity contribution is 5.97. The van der Waals surface area contributed by atoms with E-state index in [1.807, 2.05) is 30.0 Å². The fourth-order valence-electron chi connectivity index (χ4n) is 3.65. The van der Waals surface area contributed by atoms with Gasteiger partial charge in [0.1, 0.15) is 0 Å². The van der Waals surface area contributed by atoms with Crippen LogP contribution in [-0.4, -0.2) is 70.2 Å². The Kier molecular flexibility index (Phi) is 5.18. The minimum absolute atomic E-state index is 0.0672. The van der Waals surface area contributed by atoms with Crippen LogP contribution in [0.3, 0.4) is 0 Å². The van der Waals surface area contributed by atoms with Crippen LogP contribution < -0.4 is 4.90 Å². The summed E-state index contributed by atoms with van der Waals surface area (Å²) in [5, 5.41) is 4.18. The molecule has 1 aromatic heterocycles. The first-order chi connectivity index (χ1) is 11.6. The van der Waals surface area contributed by atoms with E-state index < -0.39 is 0 Å². The van der Waals surface area contributed by atoms with Crippen LogP contribution in [0.5, 0.6) is 0 Å². The standard InChI is InChI=1S/C17H27N5O2/c1-3-5-16(23)21-10-8-20(9-11-21)15-6-4-7-22(17(15)24)14-12-18-19(2)13-14/h12-13,15H,3-11H2,1-2H3/t15-/m0/s1. The van der Waals surface area contributed by atoms with Gasteiger partial charge in [0.15, 0.2) is 0 Å². The van der Waals surface area contributed by atoms with E-state index >= 15 is 0 Å². The van der Waals surface area contributed by atoms with Gasteiger partial charge in [-0.3, -0.25) is 19.2 Å². The topological polar surface area (TPSA) is 61.7 Å². The lowest BCUT2D eigenvalue weighted by Crippen LogP contribution is -2.58. The zero-order valence-electron chi connectivity index (χ0n) is 14.6. The van der Waals surface area contributed by atoms with Gasteiger partial charge >= 0.3 is 0 Å². The van der Waals surface area contributed by atoms with E-state index in [2.05, 4.69) is 10.00 Å². The molecule has 0 aliphatic carbocycles. The lowest BCUT2D eigenvalue weighted by atomic mass is 10.0. The van der Waals surface area contributed by atoms with E-state index in [1.54, 1.807) is 10.9 Å². The lowest BCUT2D eigenvalue weighted by molar-refractivity contribution is -0.134. The number of carbonyl (C=O) groups is 2. The third-order valence-corrected chi connectivity index (χ3v) is 4.98. The Morgan fingerprint density at radius 2 is 2.00 bits per heavy atom. The van der Waals surface area contributed by atoms with Crippen LogP contribution in [0.15, 0.2) is 12.4 Å². The minimum atomic E-state index is -0.0672. The van der Waals surface area contributed by atoms with Crippen LogP contribution in [-0.2, 0) is 16.6 Å². The minimum Gasteiger partial charge on any atom is -0.340 e. The Bertz CT molecular complexity index is 592. The largest absolute Gasteiger partial charge is 0.340 e. The van der Waals surface area contributed by atoms with Crippen molar-refractivity contribution >= 4 is 17.5 Å². The number of rotatable bonds is 4. The average Bonchev–Trinajstić information content (AvgIpc) is 3.02. The first kappa shape index (κ1) is 17.0. The molecule has 0 N–H and O–H groups in total. The van der Waals surface area contributed by atoms with Crippen molar-refractivity contribution in [3.63, 3.8) is 0 Å². The number of anilines is 1. The molecule has 132 valence electrons. The smallest absolute Gasteiger partial charge is 0.244 e. The molecular weight excluding hydrogens is 306 g/mol. The van der Waals surface area contributed by atoms with Crippen molar-refractivity contribution in [1.29, 1.82) is 0 Å². The quantitative estimate of drug-likeness (QED) is 0.820. The van der Waals surface area contributed by atoms with Crippen LogP contribution in [0.25, 0.3) is 0 Å². The molecule has 2 aliphatic rings. The predicted octanol–water partition coefficient (Wildman–Crippen LogP) is 0.860. The number of nitrogens with zero attached hydrogens (tertiary/aromatic N) is 5. The summed E-state index contributed by atoms with van der Waals surface area (Å²) in [5.74, 6) is 0.409. The van der Waals surface area contributed by atoms with Crippen LogP contribution in [0.1, 0.15) is 32.6 Å². The third-order valence-electron chi connectivity index (χ3n) is 4.98. The van der Waals surface area contributed by atoms with Gasteiger partial charge in [0, 0.05) is 52.4 Å². The van der Waals surface area contributed by atoms with Gasteiger partial charge < -0.3 is 9.80 Å². The fourth-order valence-corrected chi connectivity index (χ4v) is 3.65. The van der Waals surface area contributed by atoms with Crippen molar-refractivity contribution in [3.8, 4) is 0 Å². The lowest BCUT2D eigenvalue weighted by Gasteiger charge is -2.42. The highest BCUT2D eigenvalue weighted by Crippen LogP contribution is 2.24. The SMILES string of the molecule is CCCC(=O)N1CCN([C@H]2CCCN(c3cnn(C)c3)C2=O)CC1.